The maximum Gasteiger partial charge on any atom is 0.269 e. The summed E-state index contributed by atoms with van der Waals surface area (Å²) in [6.07, 6.45) is 0.0903. The monoisotopic (exact) mass is 277 g/mol. The summed E-state index contributed by atoms with van der Waals surface area (Å²) in [5.74, 6) is -0.848. The van der Waals surface area contributed by atoms with E-state index in [1.165, 1.54) is 0 Å². The van der Waals surface area contributed by atoms with Crippen LogP contribution in [0.4, 0.5) is 0 Å². The average Bonchev–Trinajstić information content (AvgIpc) is 2.38. The SMILES string of the molecule is NC(=O)CCNC(=O)c1cc2ccccc2c(Cl)n1. The van der Waals surface area contributed by atoms with Gasteiger partial charge in [0.2, 0.25) is 5.91 Å². The second-order valence-corrected chi connectivity index (χ2v) is 4.35. The largest absolute Gasteiger partial charge is 0.370 e. The molecular formula is C13H12ClN3O2. The summed E-state index contributed by atoms with van der Waals surface area (Å²) in [6.45, 7) is 0.181. The van der Waals surface area contributed by atoms with Crippen molar-refractivity contribution < 1.29 is 9.59 Å². The maximum atomic E-state index is 11.8. The van der Waals surface area contributed by atoms with Crippen LogP contribution in [0.1, 0.15) is 16.9 Å². The number of rotatable bonds is 4. The van der Waals surface area contributed by atoms with Gasteiger partial charge in [-0.25, -0.2) is 4.98 Å². The van der Waals surface area contributed by atoms with Gasteiger partial charge in [-0.3, -0.25) is 9.59 Å². The molecule has 1 aromatic carbocycles. The molecule has 6 heteroatoms. The Balaban J connectivity index is 2.20. The Bertz CT molecular complexity index is 643. The first kappa shape index (κ1) is 13.3. The predicted octanol–water partition coefficient (Wildman–Crippen LogP) is 1.49. The first-order valence-corrected chi connectivity index (χ1v) is 6.07. The molecule has 0 aliphatic carbocycles. The molecule has 1 heterocycles. The van der Waals surface area contributed by atoms with E-state index in [-0.39, 0.29) is 29.7 Å². The molecule has 0 aliphatic rings. The standard InChI is InChI=1S/C13H12ClN3O2/c14-12-9-4-2-1-3-8(9)7-10(17-12)13(19)16-6-5-11(15)18/h1-4,7H,5-6H2,(H2,15,18)(H,16,19). The van der Waals surface area contributed by atoms with E-state index < -0.39 is 5.91 Å². The highest BCUT2D eigenvalue weighted by Gasteiger charge is 2.10. The van der Waals surface area contributed by atoms with Crippen molar-refractivity contribution >= 4 is 34.2 Å². The van der Waals surface area contributed by atoms with Crippen molar-refractivity contribution in [1.29, 1.82) is 0 Å². The zero-order chi connectivity index (χ0) is 13.8. The molecule has 98 valence electrons. The van der Waals surface area contributed by atoms with Gasteiger partial charge < -0.3 is 11.1 Å². The van der Waals surface area contributed by atoms with E-state index in [2.05, 4.69) is 10.3 Å². The van der Waals surface area contributed by atoms with E-state index in [4.69, 9.17) is 17.3 Å². The molecule has 0 atom stereocenters. The number of benzene rings is 1. The number of hydrogen-bond donors (Lipinski definition) is 2. The number of carbonyl (C=O) groups is 2. The molecule has 0 saturated heterocycles. The van der Waals surface area contributed by atoms with Crippen LogP contribution < -0.4 is 11.1 Å². The van der Waals surface area contributed by atoms with Crippen molar-refractivity contribution in [1.82, 2.24) is 10.3 Å². The molecule has 2 rings (SSSR count). The van der Waals surface area contributed by atoms with Crippen LogP contribution >= 0.6 is 11.6 Å². The van der Waals surface area contributed by atoms with Gasteiger partial charge in [0.15, 0.2) is 0 Å². The van der Waals surface area contributed by atoms with Gasteiger partial charge in [0.1, 0.15) is 10.8 Å². The molecule has 0 unspecified atom stereocenters. The third-order valence-electron chi connectivity index (χ3n) is 2.58. The van der Waals surface area contributed by atoms with Gasteiger partial charge in [0.05, 0.1) is 0 Å². The maximum absolute atomic E-state index is 11.8. The zero-order valence-electron chi connectivity index (χ0n) is 10.0. The lowest BCUT2D eigenvalue weighted by atomic mass is 10.1. The zero-order valence-corrected chi connectivity index (χ0v) is 10.8. The lowest BCUT2D eigenvalue weighted by molar-refractivity contribution is -0.117. The number of carbonyl (C=O) groups excluding carboxylic acids is 2. The second-order valence-electron chi connectivity index (χ2n) is 3.99. The Morgan fingerprint density at radius 1 is 1.32 bits per heavy atom. The summed E-state index contributed by atoms with van der Waals surface area (Å²) in [5.41, 5.74) is 5.20. The summed E-state index contributed by atoms with van der Waals surface area (Å²) in [7, 11) is 0. The summed E-state index contributed by atoms with van der Waals surface area (Å²) >= 11 is 6.03. The van der Waals surface area contributed by atoms with Crippen molar-refractivity contribution in [3.05, 3.63) is 41.2 Å². The smallest absolute Gasteiger partial charge is 0.269 e. The van der Waals surface area contributed by atoms with Crippen LogP contribution in [0.2, 0.25) is 5.15 Å². The fourth-order valence-electron chi connectivity index (χ4n) is 1.66. The topological polar surface area (TPSA) is 85.1 Å². The number of fused-ring (bicyclic) bond motifs is 1. The lowest BCUT2D eigenvalue weighted by Crippen LogP contribution is -2.28. The first-order valence-electron chi connectivity index (χ1n) is 5.69. The van der Waals surface area contributed by atoms with Crippen molar-refractivity contribution in [2.45, 2.75) is 6.42 Å². The summed E-state index contributed by atoms with van der Waals surface area (Å²) in [4.78, 5) is 26.5. The molecule has 0 fully saturated rings. The Morgan fingerprint density at radius 3 is 2.79 bits per heavy atom. The minimum absolute atomic E-state index is 0.0903. The molecule has 0 saturated carbocycles. The van der Waals surface area contributed by atoms with Gasteiger partial charge in [-0.2, -0.15) is 0 Å². The molecule has 0 spiro atoms. The third-order valence-corrected chi connectivity index (χ3v) is 2.87. The quantitative estimate of drug-likeness (QED) is 0.831. The number of halogens is 1. The van der Waals surface area contributed by atoms with Crippen molar-refractivity contribution in [3.63, 3.8) is 0 Å². The van der Waals surface area contributed by atoms with Gasteiger partial charge in [0.25, 0.3) is 5.91 Å². The average molecular weight is 278 g/mol. The Labute approximate surface area is 114 Å². The van der Waals surface area contributed by atoms with Gasteiger partial charge in [-0.05, 0) is 11.5 Å². The second kappa shape index (κ2) is 5.67. The number of nitrogens with two attached hydrogens (primary N) is 1. The molecule has 2 aromatic rings. The number of primary amides is 1. The van der Waals surface area contributed by atoms with Crippen LogP contribution in [0.15, 0.2) is 30.3 Å². The van der Waals surface area contributed by atoms with Crippen LogP contribution in [0.5, 0.6) is 0 Å². The minimum atomic E-state index is -0.468. The fraction of sp³-hybridized carbons (Fsp3) is 0.154. The van der Waals surface area contributed by atoms with Gasteiger partial charge in [-0.15, -0.1) is 0 Å². The van der Waals surface area contributed by atoms with E-state index in [0.29, 0.717) is 0 Å². The predicted molar refractivity (Wildman–Crippen MR) is 72.9 cm³/mol. The van der Waals surface area contributed by atoms with Crippen LogP contribution in [-0.4, -0.2) is 23.3 Å². The highest BCUT2D eigenvalue weighted by Crippen LogP contribution is 2.22. The van der Waals surface area contributed by atoms with Crippen molar-refractivity contribution in [2.75, 3.05) is 6.54 Å². The van der Waals surface area contributed by atoms with Crippen LogP contribution in [0, 0.1) is 0 Å². The van der Waals surface area contributed by atoms with Gasteiger partial charge in [0, 0.05) is 18.4 Å². The molecule has 0 aliphatic heterocycles. The van der Waals surface area contributed by atoms with Gasteiger partial charge >= 0.3 is 0 Å². The minimum Gasteiger partial charge on any atom is -0.370 e. The molecule has 0 bridgehead atoms. The highest BCUT2D eigenvalue weighted by molar-refractivity contribution is 6.34. The molecule has 2 amide bonds. The van der Waals surface area contributed by atoms with Crippen LogP contribution in [0.25, 0.3) is 10.8 Å². The third kappa shape index (κ3) is 3.20. The summed E-state index contributed by atoms with van der Waals surface area (Å²) in [5, 5.41) is 4.46. The molecule has 5 nitrogen and oxygen atoms in total. The highest BCUT2D eigenvalue weighted by atomic mass is 35.5. The number of pyridine rings is 1. The number of nitrogens with zero attached hydrogens (tertiary/aromatic N) is 1. The Kier molecular flexibility index (Phi) is 3.97. The number of aromatic nitrogens is 1. The molecule has 3 N–H and O–H groups in total. The van der Waals surface area contributed by atoms with Crippen LogP contribution in [-0.2, 0) is 4.79 Å². The van der Waals surface area contributed by atoms with Crippen molar-refractivity contribution in [3.8, 4) is 0 Å². The molecule has 0 radical (unpaired) electrons. The Hall–Kier alpha value is -2.14. The molecule has 19 heavy (non-hydrogen) atoms. The Morgan fingerprint density at radius 2 is 2.05 bits per heavy atom. The van der Waals surface area contributed by atoms with E-state index in [1.807, 2.05) is 24.3 Å². The lowest BCUT2D eigenvalue weighted by Gasteiger charge is -2.06. The summed E-state index contributed by atoms with van der Waals surface area (Å²) in [6, 6.07) is 9.04. The molecule has 1 aromatic heterocycles. The molecular weight excluding hydrogens is 266 g/mol. The summed E-state index contributed by atoms with van der Waals surface area (Å²) < 4.78 is 0. The van der Waals surface area contributed by atoms with E-state index in [1.54, 1.807) is 6.07 Å². The fourth-order valence-corrected chi connectivity index (χ4v) is 1.93. The van der Waals surface area contributed by atoms with E-state index in [9.17, 15) is 9.59 Å². The van der Waals surface area contributed by atoms with Gasteiger partial charge in [-0.1, -0.05) is 35.9 Å². The number of amides is 2. The first-order chi connectivity index (χ1) is 9.08. The van der Waals surface area contributed by atoms with Crippen LogP contribution in [0.3, 0.4) is 0 Å². The number of nitrogens with one attached hydrogen (secondary N) is 1. The van der Waals surface area contributed by atoms with E-state index >= 15 is 0 Å². The van der Waals surface area contributed by atoms with E-state index in [0.717, 1.165) is 10.8 Å². The normalized spacial score (nSPS) is 10.4. The van der Waals surface area contributed by atoms with Crippen molar-refractivity contribution in [2.24, 2.45) is 5.73 Å². The number of hydrogen-bond acceptors (Lipinski definition) is 3.